The molecular formula is C66H46N2. The van der Waals surface area contributed by atoms with Gasteiger partial charge < -0.3 is 9.47 Å². The lowest BCUT2D eigenvalue weighted by Gasteiger charge is -2.29. The maximum absolute atomic E-state index is 2.47. The Hall–Kier alpha value is -8.98. The molecule has 0 fully saturated rings. The number of benzene rings is 11. The van der Waals surface area contributed by atoms with Crippen molar-refractivity contribution >= 4 is 38.9 Å². The second kappa shape index (κ2) is 17.8. The second-order valence-electron chi connectivity index (χ2n) is 17.2. The smallest absolute Gasteiger partial charge is 0.0562 e. The van der Waals surface area contributed by atoms with E-state index in [0.29, 0.717) is 0 Å². The summed E-state index contributed by atoms with van der Waals surface area (Å²) >= 11 is 0. The summed E-state index contributed by atoms with van der Waals surface area (Å²) in [5.74, 6) is 0. The summed E-state index contributed by atoms with van der Waals surface area (Å²) in [5, 5.41) is 2.42. The van der Waals surface area contributed by atoms with Gasteiger partial charge in [0.15, 0.2) is 0 Å². The summed E-state index contributed by atoms with van der Waals surface area (Å²) in [6.45, 7) is 0. The lowest BCUT2D eigenvalue weighted by Crippen LogP contribution is -2.11. The molecule has 1 aromatic heterocycles. The molecule has 0 saturated carbocycles. The first-order valence-electron chi connectivity index (χ1n) is 23.3. The first-order valence-corrected chi connectivity index (χ1v) is 23.3. The highest BCUT2D eigenvalue weighted by molar-refractivity contribution is 6.11. The monoisotopic (exact) mass is 866 g/mol. The molecule has 2 heteroatoms. The lowest BCUT2D eigenvalue weighted by atomic mass is 9.89. The number of aromatic nitrogens is 1. The quantitative estimate of drug-likeness (QED) is 0.133. The summed E-state index contributed by atoms with van der Waals surface area (Å²) in [7, 11) is 0. The molecule has 0 N–H and O–H groups in total. The Labute approximate surface area is 397 Å². The Bertz CT molecular complexity index is 3710. The standard InChI is InChI=1S/C66H46N2/c1-5-21-47(22-6-1)48-37-39-51(40-38-48)58-32-17-19-35-63(58)68-64-36-20-18-34-60(64)61-43-42-54(46-66(61)68)67(53-27-11-4-12-28-53)65-44-41-52(57-31-14-13-29-55(57)49-23-7-2-8-24-49)45-62(65)59-33-16-15-30-56(59)50-25-9-3-10-26-50/h1-46H. The van der Waals surface area contributed by atoms with Crippen LogP contribution in [-0.4, -0.2) is 4.57 Å². The minimum atomic E-state index is 1.06. The average molecular weight is 867 g/mol. The highest BCUT2D eigenvalue weighted by Gasteiger charge is 2.23. The van der Waals surface area contributed by atoms with E-state index in [0.717, 1.165) is 50.5 Å². The number of fused-ring (bicyclic) bond motifs is 3. The number of anilines is 3. The molecular weight excluding hydrogens is 821 g/mol. The number of hydrogen-bond donors (Lipinski definition) is 0. The van der Waals surface area contributed by atoms with Crippen LogP contribution in [0.2, 0.25) is 0 Å². The van der Waals surface area contributed by atoms with Gasteiger partial charge in [0.25, 0.3) is 0 Å². The van der Waals surface area contributed by atoms with Gasteiger partial charge in [-0.2, -0.15) is 0 Å². The highest BCUT2D eigenvalue weighted by Crippen LogP contribution is 2.47. The largest absolute Gasteiger partial charge is 0.310 e. The van der Waals surface area contributed by atoms with Gasteiger partial charge >= 0.3 is 0 Å². The third-order valence-corrected chi connectivity index (χ3v) is 13.2. The van der Waals surface area contributed by atoms with E-state index < -0.39 is 0 Å². The summed E-state index contributed by atoms with van der Waals surface area (Å²) < 4.78 is 2.47. The van der Waals surface area contributed by atoms with Crippen molar-refractivity contribution in [3.63, 3.8) is 0 Å². The molecule has 320 valence electrons. The maximum Gasteiger partial charge on any atom is 0.0562 e. The van der Waals surface area contributed by atoms with Crippen molar-refractivity contribution in [3.8, 4) is 72.4 Å². The molecule has 0 radical (unpaired) electrons. The van der Waals surface area contributed by atoms with Crippen LogP contribution in [0.15, 0.2) is 279 Å². The van der Waals surface area contributed by atoms with Crippen molar-refractivity contribution in [2.45, 2.75) is 0 Å². The Morgan fingerprint density at radius 2 is 0.676 bits per heavy atom. The van der Waals surface area contributed by atoms with Crippen LogP contribution >= 0.6 is 0 Å². The summed E-state index contributed by atoms with van der Waals surface area (Å²) in [5.41, 5.74) is 20.8. The van der Waals surface area contributed by atoms with Crippen LogP contribution in [0.4, 0.5) is 17.1 Å². The number of para-hydroxylation sites is 3. The molecule has 12 rings (SSSR count). The SMILES string of the molecule is c1ccc(-c2ccc(-c3ccccc3-n3c4ccccc4c4ccc(N(c5ccccc5)c5ccc(-c6ccccc6-c6ccccc6)cc5-c5ccccc5-c5ccccc5)cc43)cc2)cc1. The lowest BCUT2D eigenvalue weighted by molar-refractivity contribution is 1.18. The maximum atomic E-state index is 2.47. The normalized spacial score (nSPS) is 11.2. The van der Waals surface area contributed by atoms with Crippen LogP contribution in [0.3, 0.4) is 0 Å². The fourth-order valence-corrected chi connectivity index (χ4v) is 10.1. The van der Waals surface area contributed by atoms with E-state index in [1.165, 1.54) is 60.8 Å². The predicted octanol–water partition coefficient (Wildman–Crippen LogP) is 18.3. The molecule has 0 unspecified atom stereocenters. The highest BCUT2D eigenvalue weighted by atomic mass is 15.1. The number of hydrogen-bond acceptors (Lipinski definition) is 1. The second-order valence-corrected chi connectivity index (χ2v) is 17.2. The van der Waals surface area contributed by atoms with Crippen LogP contribution in [0, 0.1) is 0 Å². The zero-order chi connectivity index (χ0) is 45.2. The van der Waals surface area contributed by atoms with Gasteiger partial charge in [0.2, 0.25) is 0 Å². The van der Waals surface area contributed by atoms with Crippen LogP contribution in [-0.2, 0) is 0 Å². The molecule has 0 atom stereocenters. The van der Waals surface area contributed by atoms with Gasteiger partial charge in [0.1, 0.15) is 0 Å². The molecule has 2 nitrogen and oxygen atoms in total. The van der Waals surface area contributed by atoms with E-state index in [1.54, 1.807) is 0 Å². The fraction of sp³-hybridized carbons (Fsp3) is 0. The Balaban J connectivity index is 1.08. The Kier molecular flexibility index (Phi) is 10.6. The Morgan fingerprint density at radius 3 is 1.34 bits per heavy atom. The first-order chi connectivity index (χ1) is 33.8. The van der Waals surface area contributed by atoms with Crippen molar-refractivity contribution in [2.75, 3.05) is 4.90 Å². The molecule has 12 aromatic rings. The van der Waals surface area contributed by atoms with E-state index in [4.69, 9.17) is 0 Å². The predicted molar refractivity (Wildman–Crippen MR) is 288 cm³/mol. The average Bonchev–Trinajstić information content (AvgIpc) is 3.75. The molecule has 0 aliphatic heterocycles. The van der Waals surface area contributed by atoms with Crippen LogP contribution in [0.1, 0.15) is 0 Å². The van der Waals surface area contributed by atoms with Crippen LogP contribution in [0.25, 0.3) is 94.3 Å². The van der Waals surface area contributed by atoms with Crippen molar-refractivity contribution in [3.05, 3.63) is 279 Å². The minimum absolute atomic E-state index is 1.06. The summed E-state index contributed by atoms with van der Waals surface area (Å²) in [6, 6.07) is 101. The zero-order valence-electron chi connectivity index (χ0n) is 37.5. The Morgan fingerprint density at radius 1 is 0.235 bits per heavy atom. The minimum Gasteiger partial charge on any atom is -0.310 e. The van der Waals surface area contributed by atoms with Crippen LogP contribution in [0.5, 0.6) is 0 Å². The first kappa shape index (κ1) is 40.5. The number of rotatable bonds is 10. The van der Waals surface area contributed by atoms with E-state index in [9.17, 15) is 0 Å². The summed E-state index contributed by atoms with van der Waals surface area (Å²) in [4.78, 5) is 2.44. The van der Waals surface area contributed by atoms with Gasteiger partial charge in [-0.1, -0.05) is 231 Å². The van der Waals surface area contributed by atoms with Crippen molar-refractivity contribution in [1.29, 1.82) is 0 Å². The van der Waals surface area contributed by atoms with Crippen molar-refractivity contribution in [1.82, 2.24) is 4.57 Å². The van der Waals surface area contributed by atoms with Gasteiger partial charge in [-0.05, 0) is 104 Å². The van der Waals surface area contributed by atoms with E-state index in [-0.39, 0.29) is 0 Å². The van der Waals surface area contributed by atoms with Gasteiger partial charge in [0.05, 0.1) is 22.4 Å². The van der Waals surface area contributed by atoms with Crippen molar-refractivity contribution < 1.29 is 0 Å². The molecule has 0 amide bonds. The molecule has 11 aromatic carbocycles. The molecule has 0 aliphatic carbocycles. The van der Waals surface area contributed by atoms with Gasteiger partial charge in [-0.3, -0.25) is 0 Å². The van der Waals surface area contributed by atoms with Gasteiger partial charge in [0, 0.05) is 33.3 Å². The third kappa shape index (κ3) is 7.45. The van der Waals surface area contributed by atoms with E-state index >= 15 is 0 Å². The topological polar surface area (TPSA) is 8.17 Å². The summed E-state index contributed by atoms with van der Waals surface area (Å²) in [6.07, 6.45) is 0. The fourth-order valence-electron chi connectivity index (χ4n) is 10.1. The number of nitrogens with zero attached hydrogens (tertiary/aromatic N) is 2. The molecule has 68 heavy (non-hydrogen) atoms. The van der Waals surface area contributed by atoms with Gasteiger partial charge in [-0.15, -0.1) is 0 Å². The molecule has 0 bridgehead atoms. The van der Waals surface area contributed by atoms with Crippen molar-refractivity contribution in [2.24, 2.45) is 0 Å². The molecule has 0 spiro atoms. The van der Waals surface area contributed by atoms with E-state index in [2.05, 4.69) is 289 Å². The zero-order valence-corrected chi connectivity index (χ0v) is 37.5. The third-order valence-electron chi connectivity index (χ3n) is 13.2. The molecule has 0 saturated heterocycles. The van der Waals surface area contributed by atoms with Crippen LogP contribution < -0.4 is 4.90 Å². The van der Waals surface area contributed by atoms with E-state index in [1.807, 2.05) is 0 Å². The molecule has 0 aliphatic rings. The van der Waals surface area contributed by atoms with Gasteiger partial charge in [-0.25, -0.2) is 0 Å². The molecule has 1 heterocycles.